The van der Waals surface area contributed by atoms with Crippen molar-refractivity contribution in [3.8, 4) is 11.3 Å². The number of nitrogens with one attached hydrogen (secondary N) is 1. The number of carbonyl (C=O) groups is 1. The van der Waals surface area contributed by atoms with Gasteiger partial charge in [-0.3, -0.25) is 19.6 Å². The van der Waals surface area contributed by atoms with Gasteiger partial charge in [0.25, 0.3) is 11.5 Å². The summed E-state index contributed by atoms with van der Waals surface area (Å²) in [6, 6.07) is 10.1. The summed E-state index contributed by atoms with van der Waals surface area (Å²) in [5, 5.41) is 6.97. The van der Waals surface area contributed by atoms with Gasteiger partial charge in [-0.05, 0) is 18.2 Å². The van der Waals surface area contributed by atoms with Gasteiger partial charge in [-0.25, -0.2) is 4.68 Å². The number of rotatable bonds is 4. The predicted octanol–water partition coefficient (Wildman–Crippen LogP) is 1.17. The molecule has 3 aromatic rings. The summed E-state index contributed by atoms with van der Waals surface area (Å²) in [6.45, 7) is 0.316. The Morgan fingerprint density at radius 1 is 1.12 bits per heavy atom. The lowest BCUT2D eigenvalue weighted by molar-refractivity contribution is 0.0950. The van der Waals surface area contributed by atoms with Crippen LogP contribution in [0.1, 0.15) is 16.1 Å². The molecule has 0 aliphatic rings. The highest BCUT2D eigenvalue weighted by Gasteiger charge is 2.07. The number of carbonyl (C=O) groups excluding carboxylic acids is 1. The average molecular weight is 321 g/mol. The molecule has 24 heavy (non-hydrogen) atoms. The third-order valence-electron chi connectivity index (χ3n) is 3.45. The SMILES string of the molecule is Cn1nc(-c2ccc(C(=O)NCc3cnccn3)cc2)ccc1=O. The lowest BCUT2D eigenvalue weighted by atomic mass is 10.1. The van der Waals surface area contributed by atoms with E-state index in [4.69, 9.17) is 0 Å². The molecule has 0 saturated carbocycles. The first-order valence-electron chi connectivity index (χ1n) is 7.31. The van der Waals surface area contributed by atoms with E-state index in [9.17, 15) is 9.59 Å². The van der Waals surface area contributed by atoms with Crippen molar-refractivity contribution in [2.75, 3.05) is 0 Å². The van der Waals surface area contributed by atoms with Gasteiger partial charge >= 0.3 is 0 Å². The molecule has 7 heteroatoms. The molecular weight excluding hydrogens is 306 g/mol. The monoisotopic (exact) mass is 321 g/mol. The first-order valence-corrected chi connectivity index (χ1v) is 7.31. The second kappa shape index (κ2) is 6.82. The first-order chi connectivity index (χ1) is 11.6. The molecule has 120 valence electrons. The molecule has 1 N–H and O–H groups in total. The van der Waals surface area contributed by atoms with Gasteiger partial charge in [0.05, 0.1) is 24.1 Å². The van der Waals surface area contributed by atoms with Crippen LogP contribution in [0, 0.1) is 0 Å². The zero-order valence-electron chi connectivity index (χ0n) is 13.0. The lowest BCUT2D eigenvalue weighted by Crippen LogP contribution is -2.23. The fourth-order valence-electron chi connectivity index (χ4n) is 2.14. The zero-order chi connectivity index (χ0) is 16.9. The molecule has 0 aliphatic carbocycles. The van der Waals surface area contributed by atoms with Gasteiger partial charge < -0.3 is 5.32 Å². The number of aromatic nitrogens is 4. The van der Waals surface area contributed by atoms with Crippen LogP contribution >= 0.6 is 0 Å². The molecule has 0 aliphatic heterocycles. The highest BCUT2D eigenvalue weighted by atomic mass is 16.1. The maximum Gasteiger partial charge on any atom is 0.266 e. The normalized spacial score (nSPS) is 10.4. The van der Waals surface area contributed by atoms with Crippen molar-refractivity contribution in [2.45, 2.75) is 6.54 Å². The van der Waals surface area contributed by atoms with Crippen LogP contribution in [0.15, 0.2) is 59.8 Å². The molecule has 0 spiro atoms. The summed E-state index contributed by atoms with van der Waals surface area (Å²) in [7, 11) is 1.60. The van der Waals surface area contributed by atoms with Crippen LogP contribution in [0.2, 0.25) is 0 Å². The van der Waals surface area contributed by atoms with E-state index in [1.165, 1.54) is 10.7 Å². The van der Waals surface area contributed by atoms with E-state index in [2.05, 4.69) is 20.4 Å². The summed E-state index contributed by atoms with van der Waals surface area (Å²) >= 11 is 0. The molecule has 1 aromatic carbocycles. The largest absolute Gasteiger partial charge is 0.346 e. The lowest BCUT2D eigenvalue weighted by Gasteiger charge is -2.06. The summed E-state index contributed by atoms with van der Waals surface area (Å²) < 4.78 is 1.27. The van der Waals surface area contributed by atoms with Crippen LogP contribution in [0.5, 0.6) is 0 Å². The quantitative estimate of drug-likeness (QED) is 0.779. The van der Waals surface area contributed by atoms with Crippen molar-refractivity contribution in [2.24, 2.45) is 7.05 Å². The molecule has 7 nitrogen and oxygen atoms in total. The number of amides is 1. The second-order valence-electron chi connectivity index (χ2n) is 5.14. The third kappa shape index (κ3) is 3.52. The van der Waals surface area contributed by atoms with Crippen LogP contribution < -0.4 is 10.9 Å². The van der Waals surface area contributed by atoms with Gasteiger partial charge in [-0.1, -0.05) is 12.1 Å². The Balaban J connectivity index is 1.70. The summed E-state index contributed by atoms with van der Waals surface area (Å²) in [4.78, 5) is 31.6. The molecular formula is C17H15N5O2. The summed E-state index contributed by atoms with van der Waals surface area (Å²) in [6.07, 6.45) is 4.77. The van der Waals surface area contributed by atoms with E-state index >= 15 is 0 Å². The summed E-state index contributed by atoms with van der Waals surface area (Å²) in [5.41, 5.74) is 2.56. The molecule has 1 amide bonds. The molecule has 0 unspecified atom stereocenters. The molecule has 0 radical (unpaired) electrons. The van der Waals surface area contributed by atoms with Crippen molar-refractivity contribution >= 4 is 5.91 Å². The maximum atomic E-state index is 12.1. The minimum absolute atomic E-state index is 0.168. The molecule has 2 heterocycles. The van der Waals surface area contributed by atoms with Crippen LogP contribution in [0.3, 0.4) is 0 Å². The Kier molecular flexibility index (Phi) is 4.42. The van der Waals surface area contributed by atoms with Crippen molar-refractivity contribution in [3.05, 3.63) is 76.6 Å². The van der Waals surface area contributed by atoms with E-state index < -0.39 is 0 Å². The van der Waals surface area contributed by atoms with Gasteiger partial charge in [0.1, 0.15) is 0 Å². The standard InChI is InChI=1S/C17H15N5O2/c1-22-16(23)7-6-15(21-22)12-2-4-13(5-3-12)17(24)20-11-14-10-18-8-9-19-14/h2-10H,11H2,1H3,(H,20,24). The molecule has 0 saturated heterocycles. The third-order valence-corrected chi connectivity index (χ3v) is 3.45. The van der Waals surface area contributed by atoms with Crippen molar-refractivity contribution in [1.82, 2.24) is 25.1 Å². The highest BCUT2D eigenvalue weighted by Crippen LogP contribution is 2.16. The van der Waals surface area contributed by atoms with E-state index in [-0.39, 0.29) is 11.5 Å². The predicted molar refractivity (Wildman–Crippen MR) is 88.1 cm³/mol. The number of benzene rings is 1. The van der Waals surface area contributed by atoms with Gasteiger partial charge in [-0.2, -0.15) is 5.10 Å². The smallest absolute Gasteiger partial charge is 0.266 e. The Hall–Kier alpha value is -3.35. The highest BCUT2D eigenvalue weighted by molar-refractivity contribution is 5.94. The van der Waals surface area contributed by atoms with Gasteiger partial charge in [0, 0.05) is 36.6 Å². The Morgan fingerprint density at radius 2 is 1.92 bits per heavy atom. The zero-order valence-corrected chi connectivity index (χ0v) is 13.0. The van der Waals surface area contributed by atoms with E-state index in [1.54, 1.807) is 56.0 Å². The summed E-state index contributed by atoms with van der Waals surface area (Å²) in [5.74, 6) is -0.194. The van der Waals surface area contributed by atoms with Crippen LogP contribution in [-0.4, -0.2) is 25.7 Å². The molecule has 2 aromatic heterocycles. The second-order valence-corrected chi connectivity index (χ2v) is 5.14. The van der Waals surface area contributed by atoms with Crippen LogP contribution in [0.25, 0.3) is 11.3 Å². The first kappa shape index (κ1) is 15.5. The number of hydrogen-bond donors (Lipinski definition) is 1. The van der Waals surface area contributed by atoms with Gasteiger partial charge in [0.15, 0.2) is 0 Å². The van der Waals surface area contributed by atoms with Gasteiger partial charge in [0.2, 0.25) is 0 Å². The Labute approximate surface area is 138 Å². The molecule has 0 atom stereocenters. The number of hydrogen-bond acceptors (Lipinski definition) is 5. The Morgan fingerprint density at radius 3 is 2.58 bits per heavy atom. The number of nitrogens with zero attached hydrogens (tertiary/aromatic N) is 4. The average Bonchev–Trinajstić information content (AvgIpc) is 2.63. The van der Waals surface area contributed by atoms with Crippen LogP contribution in [-0.2, 0) is 13.6 Å². The molecule has 0 bridgehead atoms. The van der Waals surface area contributed by atoms with Crippen molar-refractivity contribution in [1.29, 1.82) is 0 Å². The van der Waals surface area contributed by atoms with E-state index in [0.29, 0.717) is 23.5 Å². The maximum absolute atomic E-state index is 12.1. The van der Waals surface area contributed by atoms with E-state index in [0.717, 1.165) is 5.56 Å². The van der Waals surface area contributed by atoms with E-state index in [1.807, 2.05) is 0 Å². The van der Waals surface area contributed by atoms with Crippen LogP contribution in [0.4, 0.5) is 0 Å². The molecule has 3 rings (SSSR count). The number of aryl methyl sites for hydroxylation is 1. The van der Waals surface area contributed by atoms with Gasteiger partial charge in [-0.15, -0.1) is 0 Å². The fourth-order valence-corrected chi connectivity index (χ4v) is 2.14. The fraction of sp³-hybridized carbons (Fsp3) is 0.118. The minimum Gasteiger partial charge on any atom is -0.346 e. The molecule has 0 fully saturated rings. The Bertz CT molecular complexity index is 904. The van der Waals surface area contributed by atoms with Crippen molar-refractivity contribution < 1.29 is 4.79 Å². The minimum atomic E-state index is -0.194. The van der Waals surface area contributed by atoms with Crippen molar-refractivity contribution in [3.63, 3.8) is 0 Å². The topological polar surface area (TPSA) is 89.8 Å².